The van der Waals surface area contributed by atoms with Gasteiger partial charge < -0.3 is 5.73 Å². The predicted molar refractivity (Wildman–Crippen MR) is 63.3 cm³/mol. The fraction of sp³-hybridized carbons (Fsp3) is 0.455. The van der Waals surface area contributed by atoms with Crippen LogP contribution in [0.4, 0.5) is 14.5 Å². The van der Waals surface area contributed by atoms with Gasteiger partial charge in [0.25, 0.3) is 0 Å². The summed E-state index contributed by atoms with van der Waals surface area (Å²) in [4.78, 5) is -0.349. The van der Waals surface area contributed by atoms with Gasteiger partial charge in [-0.25, -0.2) is 21.9 Å². The maximum atomic E-state index is 13.1. The van der Waals surface area contributed by atoms with Crippen molar-refractivity contribution in [3.05, 3.63) is 23.8 Å². The van der Waals surface area contributed by atoms with Crippen molar-refractivity contribution >= 4 is 15.7 Å². The summed E-state index contributed by atoms with van der Waals surface area (Å²) in [5.74, 6) is -2.02. The second-order valence-electron chi connectivity index (χ2n) is 4.70. The molecule has 0 amide bonds. The second-order valence-corrected chi connectivity index (χ2v) is 6.42. The summed E-state index contributed by atoms with van der Waals surface area (Å²) >= 11 is 0. The normalized spacial score (nSPS) is 23.7. The van der Waals surface area contributed by atoms with E-state index in [-0.39, 0.29) is 10.9 Å². The first-order valence-electron chi connectivity index (χ1n) is 5.56. The van der Waals surface area contributed by atoms with E-state index in [0.29, 0.717) is 12.0 Å². The smallest absolute Gasteiger partial charge is 0.241 e. The second kappa shape index (κ2) is 4.47. The van der Waals surface area contributed by atoms with Crippen LogP contribution in [0.2, 0.25) is 0 Å². The van der Waals surface area contributed by atoms with E-state index < -0.39 is 27.3 Å². The van der Waals surface area contributed by atoms with Gasteiger partial charge in [-0.1, -0.05) is 6.92 Å². The molecule has 18 heavy (non-hydrogen) atoms. The highest BCUT2D eigenvalue weighted by molar-refractivity contribution is 7.89. The van der Waals surface area contributed by atoms with Gasteiger partial charge in [0.05, 0.1) is 10.6 Å². The number of hydrogen-bond acceptors (Lipinski definition) is 3. The van der Waals surface area contributed by atoms with Gasteiger partial charge >= 0.3 is 0 Å². The minimum Gasteiger partial charge on any atom is -0.396 e. The molecule has 4 nitrogen and oxygen atoms in total. The topological polar surface area (TPSA) is 72.2 Å². The maximum Gasteiger partial charge on any atom is 0.241 e. The third-order valence-corrected chi connectivity index (χ3v) is 4.54. The molecule has 1 aromatic rings. The van der Waals surface area contributed by atoms with Gasteiger partial charge in [0, 0.05) is 6.04 Å². The Morgan fingerprint density at radius 1 is 1.33 bits per heavy atom. The third-order valence-electron chi connectivity index (χ3n) is 3.04. The van der Waals surface area contributed by atoms with Crippen molar-refractivity contribution in [1.82, 2.24) is 4.72 Å². The SMILES string of the molecule is CC1CC(NS(=O)(=O)c2cc(N)c(F)c(F)c2)C1. The van der Waals surface area contributed by atoms with Gasteiger partial charge in [0.15, 0.2) is 11.6 Å². The van der Waals surface area contributed by atoms with E-state index in [4.69, 9.17) is 5.73 Å². The molecule has 0 spiro atoms. The lowest BCUT2D eigenvalue weighted by molar-refractivity contribution is 0.270. The Bertz CT molecular complexity index is 545. The molecule has 100 valence electrons. The Labute approximate surface area is 104 Å². The van der Waals surface area contributed by atoms with Crippen LogP contribution in [0.5, 0.6) is 0 Å². The molecule has 7 heteroatoms. The van der Waals surface area contributed by atoms with E-state index in [0.717, 1.165) is 18.9 Å². The minimum absolute atomic E-state index is 0.140. The van der Waals surface area contributed by atoms with Crippen LogP contribution in [0.1, 0.15) is 19.8 Å². The maximum absolute atomic E-state index is 13.1. The van der Waals surface area contributed by atoms with Gasteiger partial charge in [-0.15, -0.1) is 0 Å². The number of rotatable bonds is 3. The van der Waals surface area contributed by atoms with E-state index in [2.05, 4.69) is 4.72 Å². The van der Waals surface area contributed by atoms with Crippen molar-refractivity contribution in [3.63, 3.8) is 0 Å². The van der Waals surface area contributed by atoms with Crippen molar-refractivity contribution in [3.8, 4) is 0 Å². The van der Waals surface area contributed by atoms with Crippen molar-refractivity contribution in [2.75, 3.05) is 5.73 Å². The van der Waals surface area contributed by atoms with Crippen LogP contribution in [-0.4, -0.2) is 14.5 Å². The number of sulfonamides is 1. The highest BCUT2D eigenvalue weighted by Crippen LogP contribution is 2.28. The molecule has 1 saturated carbocycles. The van der Waals surface area contributed by atoms with E-state index in [1.807, 2.05) is 6.92 Å². The molecule has 0 aromatic heterocycles. The highest BCUT2D eigenvalue weighted by Gasteiger charge is 2.30. The van der Waals surface area contributed by atoms with E-state index >= 15 is 0 Å². The number of hydrogen-bond donors (Lipinski definition) is 2. The standard InChI is InChI=1S/C11H14F2N2O2S/c1-6-2-7(3-6)15-18(16,17)8-4-9(12)11(13)10(14)5-8/h4-7,15H,2-3,14H2,1H3. The van der Waals surface area contributed by atoms with Gasteiger partial charge in [-0.3, -0.25) is 0 Å². The Balaban J connectivity index is 2.24. The predicted octanol–water partition coefficient (Wildman–Crippen LogP) is 1.62. The average molecular weight is 276 g/mol. The molecular formula is C11H14F2N2O2S. The number of halogens is 2. The number of nitrogen functional groups attached to an aromatic ring is 1. The Morgan fingerprint density at radius 2 is 1.94 bits per heavy atom. The zero-order chi connectivity index (χ0) is 13.5. The lowest BCUT2D eigenvalue weighted by atomic mass is 9.83. The van der Waals surface area contributed by atoms with Crippen LogP contribution in [0.25, 0.3) is 0 Å². The Morgan fingerprint density at radius 3 is 2.44 bits per heavy atom. The summed E-state index contributed by atoms with van der Waals surface area (Å²) in [7, 11) is -3.84. The van der Waals surface area contributed by atoms with Crippen molar-refractivity contribution < 1.29 is 17.2 Å². The van der Waals surface area contributed by atoms with Crippen molar-refractivity contribution in [2.45, 2.75) is 30.7 Å². The summed E-state index contributed by atoms with van der Waals surface area (Å²) in [6, 6.07) is 1.42. The van der Waals surface area contributed by atoms with E-state index in [1.165, 1.54) is 0 Å². The van der Waals surface area contributed by atoms with Crippen LogP contribution in [0, 0.1) is 17.6 Å². The number of nitrogens with one attached hydrogen (secondary N) is 1. The fourth-order valence-corrected chi connectivity index (χ4v) is 3.33. The molecule has 0 unspecified atom stereocenters. The number of benzene rings is 1. The van der Waals surface area contributed by atoms with Crippen molar-refractivity contribution in [2.24, 2.45) is 5.92 Å². The Kier molecular flexibility index (Phi) is 3.29. The summed E-state index contributed by atoms with van der Waals surface area (Å²) in [6.07, 6.45) is 1.50. The quantitative estimate of drug-likeness (QED) is 0.824. The zero-order valence-corrected chi connectivity index (χ0v) is 10.6. The molecule has 0 saturated heterocycles. The summed E-state index contributed by atoms with van der Waals surface area (Å²) in [5, 5.41) is 0. The van der Waals surface area contributed by atoms with Crippen LogP contribution in [-0.2, 0) is 10.0 Å². The minimum atomic E-state index is -3.84. The van der Waals surface area contributed by atoms with E-state index in [1.54, 1.807) is 0 Å². The van der Waals surface area contributed by atoms with Crippen LogP contribution in [0.15, 0.2) is 17.0 Å². The van der Waals surface area contributed by atoms with Gasteiger partial charge in [0.2, 0.25) is 10.0 Å². The molecule has 1 aliphatic rings. The van der Waals surface area contributed by atoms with E-state index in [9.17, 15) is 17.2 Å². The van der Waals surface area contributed by atoms with Crippen LogP contribution in [0.3, 0.4) is 0 Å². The average Bonchev–Trinajstić information content (AvgIpc) is 2.22. The fourth-order valence-electron chi connectivity index (χ4n) is 2.03. The third kappa shape index (κ3) is 2.46. The molecule has 3 N–H and O–H groups in total. The molecule has 1 aromatic carbocycles. The van der Waals surface area contributed by atoms with Crippen LogP contribution < -0.4 is 10.5 Å². The first-order valence-corrected chi connectivity index (χ1v) is 7.05. The molecule has 1 aliphatic carbocycles. The molecule has 0 atom stereocenters. The lowest BCUT2D eigenvalue weighted by Crippen LogP contribution is -2.43. The Hall–Kier alpha value is -1.21. The van der Waals surface area contributed by atoms with Gasteiger partial charge in [-0.2, -0.15) is 0 Å². The first-order chi connectivity index (χ1) is 8.29. The molecule has 2 rings (SSSR count). The van der Waals surface area contributed by atoms with Crippen LogP contribution >= 0.6 is 0 Å². The zero-order valence-electron chi connectivity index (χ0n) is 9.78. The summed E-state index contributed by atoms with van der Waals surface area (Å²) < 4.78 is 52.3. The molecule has 1 fully saturated rings. The first kappa shape index (κ1) is 13.2. The van der Waals surface area contributed by atoms with Crippen molar-refractivity contribution in [1.29, 1.82) is 0 Å². The molecule has 0 heterocycles. The molecular weight excluding hydrogens is 262 g/mol. The summed E-state index contributed by atoms with van der Waals surface area (Å²) in [6.45, 7) is 2.01. The van der Waals surface area contributed by atoms with Gasteiger partial charge in [-0.05, 0) is 30.9 Å². The number of nitrogens with two attached hydrogens (primary N) is 1. The largest absolute Gasteiger partial charge is 0.396 e. The molecule has 0 aliphatic heterocycles. The monoisotopic (exact) mass is 276 g/mol. The number of anilines is 1. The molecule has 0 radical (unpaired) electrons. The molecule has 0 bridgehead atoms. The highest BCUT2D eigenvalue weighted by atomic mass is 32.2. The van der Waals surface area contributed by atoms with Gasteiger partial charge in [0.1, 0.15) is 0 Å². The summed E-state index contributed by atoms with van der Waals surface area (Å²) in [5.41, 5.74) is 4.69. The lowest BCUT2D eigenvalue weighted by Gasteiger charge is -2.32.